The summed E-state index contributed by atoms with van der Waals surface area (Å²) in [4.78, 5) is 35.8. The highest BCUT2D eigenvalue weighted by Gasteiger charge is 2.20. The molecule has 0 aromatic heterocycles. The summed E-state index contributed by atoms with van der Waals surface area (Å²) in [6, 6.07) is 17.9. The first-order chi connectivity index (χ1) is 16.0. The monoisotopic (exact) mass is 481 g/mol. The summed E-state index contributed by atoms with van der Waals surface area (Å²) < 4.78 is 32.8. The van der Waals surface area contributed by atoms with E-state index >= 15 is 0 Å². The highest BCUT2D eigenvalue weighted by atomic mass is 32.2. The number of esters is 1. The van der Waals surface area contributed by atoms with Crippen molar-refractivity contribution in [2.75, 3.05) is 10.0 Å². The fourth-order valence-electron chi connectivity index (χ4n) is 2.85. The van der Waals surface area contributed by atoms with Gasteiger partial charge in [0.25, 0.3) is 15.9 Å². The van der Waals surface area contributed by atoms with Crippen LogP contribution in [0.15, 0.2) is 77.7 Å². The van der Waals surface area contributed by atoms with E-state index in [0.717, 1.165) is 5.56 Å². The zero-order valence-corrected chi connectivity index (χ0v) is 19.3. The summed E-state index contributed by atoms with van der Waals surface area (Å²) in [6.45, 7) is 3.29. The lowest BCUT2D eigenvalue weighted by Gasteiger charge is -2.14. The number of carbonyl (C=O) groups excluding carboxylic acids is 3. The number of aryl methyl sites for hydroxylation is 1. The van der Waals surface area contributed by atoms with E-state index in [2.05, 4.69) is 10.0 Å². The van der Waals surface area contributed by atoms with Crippen LogP contribution in [0.4, 0.5) is 11.4 Å². The molecule has 1 unspecified atom stereocenters. The lowest BCUT2D eigenvalue weighted by Crippen LogP contribution is -2.30. The van der Waals surface area contributed by atoms with Gasteiger partial charge in [0.2, 0.25) is 5.91 Å². The van der Waals surface area contributed by atoms with Gasteiger partial charge in [-0.1, -0.05) is 17.7 Å². The smallest absolute Gasteiger partial charge is 0.338 e. The predicted molar refractivity (Wildman–Crippen MR) is 127 cm³/mol. The SMILES string of the molecule is Cc1ccc(NS(=O)(=O)c2ccc(C(=O)OC(C)C(=O)Nc3ccc(C(N)=O)cc3)cc2)cc1. The van der Waals surface area contributed by atoms with Gasteiger partial charge in [-0.2, -0.15) is 0 Å². The number of primary amides is 1. The minimum absolute atomic E-state index is 0.0326. The summed E-state index contributed by atoms with van der Waals surface area (Å²) >= 11 is 0. The fourth-order valence-corrected chi connectivity index (χ4v) is 3.91. The predicted octanol–water partition coefficient (Wildman–Crippen LogP) is 3.08. The lowest BCUT2D eigenvalue weighted by atomic mass is 10.2. The summed E-state index contributed by atoms with van der Waals surface area (Å²) in [7, 11) is -3.84. The molecular formula is C24H23N3O6S. The molecule has 0 radical (unpaired) electrons. The van der Waals surface area contributed by atoms with Crippen LogP contribution in [0.2, 0.25) is 0 Å². The molecular weight excluding hydrogens is 458 g/mol. The van der Waals surface area contributed by atoms with E-state index in [-0.39, 0.29) is 16.0 Å². The Balaban J connectivity index is 1.60. The van der Waals surface area contributed by atoms with Crippen molar-refractivity contribution in [1.82, 2.24) is 0 Å². The van der Waals surface area contributed by atoms with Gasteiger partial charge in [0, 0.05) is 16.9 Å². The number of nitrogens with two attached hydrogens (primary N) is 1. The first-order valence-corrected chi connectivity index (χ1v) is 11.6. The van der Waals surface area contributed by atoms with Crippen LogP contribution in [0.25, 0.3) is 0 Å². The van der Waals surface area contributed by atoms with Crippen LogP contribution in [0.3, 0.4) is 0 Å². The van der Waals surface area contributed by atoms with Gasteiger partial charge < -0.3 is 15.8 Å². The maximum absolute atomic E-state index is 12.6. The molecule has 0 heterocycles. The molecule has 2 amide bonds. The number of hydrogen-bond donors (Lipinski definition) is 3. The molecule has 0 aliphatic rings. The summed E-state index contributed by atoms with van der Waals surface area (Å²) in [5.74, 6) is -1.96. The van der Waals surface area contributed by atoms with E-state index in [1.54, 1.807) is 24.3 Å². The van der Waals surface area contributed by atoms with Crippen molar-refractivity contribution < 1.29 is 27.5 Å². The molecule has 3 rings (SSSR count). The van der Waals surface area contributed by atoms with E-state index < -0.39 is 33.9 Å². The highest BCUT2D eigenvalue weighted by molar-refractivity contribution is 7.92. The second kappa shape index (κ2) is 10.2. The number of ether oxygens (including phenoxy) is 1. The normalized spacial score (nSPS) is 11.8. The van der Waals surface area contributed by atoms with Gasteiger partial charge in [-0.15, -0.1) is 0 Å². The Labute approximate surface area is 197 Å². The van der Waals surface area contributed by atoms with Gasteiger partial charge in [-0.25, -0.2) is 13.2 Å². The van der Waals surface area contributed by atoms with E-state index in [9.17, 15) is 22.8 Å². The molecule has 0 spiro atoms. The molecule has 10 heteroatoms. The van der Waals surface area contributed by atoms with Crippen LogP contribution >= 0.6 is 0 Å². The summed E-state index contributed by atoms with van der Waals surface area (Å²) in [6.07, 6.45) is -1.13. The van der Waals surface area contributed by atoms with Crippen molar-refractivity contribution in [1.29, 1.82) is 0 Å². The van der Waals surface area contributed by atoms with Crippen molar-refractivity contribution in [3.63, 3.8) is 0 Å². The quantitative estimate of drug-likeness (QED) is 0.422. The number of hydrogen-bond acceptors (Lipinski definition) is 6. The van der Waals surface area contributed by atoms with Crippen LogP contribution in [0.5, 0.6) is 0 Å². The maximum atomic E-state index is 12.6. The maximum Gasteiger partial charge on any atom is 0.338 e. The Morgan fingerprint density at radius 1 is 0.824 bits per heavy atom. The number of carbonyl (C=O) groups is 3. The molecule has 0 saturated heterocycles. The zero-order valence-electron chi connectivity index (χ0n) is 18.4. The van der Waals surface area contributed by atoms with Crippen LogP contribution in [-0.2, 0) is 19.6 Å². The van der Waals surface area contributed by atoms with Crippen LogP contribution in [0.1, 0.15) is 33.2 Å². The van der Waals surface area contributed by atoms with E-state index in [0.29, 0.717) is 11.4 Å². The second-order valence-corrected chi connectivity index (χ2v) is 9.16. The van der Waals surface area contributed by atoms with Crippen molar-refractivity contribution in [2.24, 2.45) is 5.73 Å². The number of benzene rings is 3. The van der Waals surface area contributed by atoms with Gasteiger partial charge in [0.15, 0.2) is 6.10 Å². The number of amides is 2. The van der Waals surface area contributed by atoms with Crippen LogP contribution < -0.4 is 15.8 Å². The first-order valence-electron chi connectivity index (χ1n) is 10.2. The highest BCUT2D eigenvalue weighted by Crippen LogP contribution is 2.18. The molecule has 4 N–H and O–H groups in total. The third-order valence-electron chi connectivity index (χ3n) is 4.79. The zero-order chi connectivity index (χ0) is 24.9. The van der Waals surface area contributed by atoms with Gasteiger partial charge in [-0.05, 0) is 74.5 Å². The Kier molecular flexibility index (Phi) is 7.32. The van der Waals surface area contributed by atoms with Crippen molar-refractivity contribution in [3.8, 4) is 0 Å². The third kappa shape index (κ3) is 6.20. The van der Waals surface area contributed by atoms with Crippen LogP contribution in [0, 0.1) is 6.92 Å². The number of rotatable bonds is 8. The topological polar surface area (TPSA) is 145 Å². The number of sulfonamides is 1. The summed E-state index contributed by atoms with van der Waals surface area (Å²) in [5, 5.41) is 2.56. The molecule has 176 valence electrons. The van der Waals surface area contributed by atoms with Crippen molar-refractivity contribution in [3.05, 3.63) is 89.5 Å². The molecule has 9 nitrogen and oxygen atoms in total. The Morgan fingerprint density at radius 3 is 1.91 bits per heavy atom. The molecule has 1 atom stereocenters. The third-order valence-corrected chi connectivity index (χ3v) is 6.19. The molecule has 34 heavy (non-hydrogen) atoms. The van der Waals surface area contributed by atoms with E-state index in [1.807, 2.05) is 6.92 Å². The fraction of sp³-hybridized carbons (Fsp3) is 0.125. The molecule has 0 saturated carbocycles. The average Bonchev–Trinajstić information content (AvgIpc) is 2.80. The minimum atomic E-state index is -3.84. The number of nitrogens with one attached hydrogen (secondary N) is 2. The Hall–Kier alpha value is -4.18. The molecule has 3 aromatic rings. The van der Waals surface area contributed by atoms with Gasteiger partial charge >= 0.3 is 5.97 Å². The molecule has 0 aliphatic heterocycles. The second-order valence-electron chi connectivity index (χ2n) is 7.47. The minimum Gasteiger partial charge on any atom is -0.449 e. The molecule has 3 aromatic carbocycles. The standard InChI is InChI=1S/C24H23N3O6S/c1-15-3-9-20(10-4-15)27-34(31,32)21-13-7-18(8-14-21)24(30)33-16(2)23(29)26-19-11-5-17(6-12-19)22(25)28/h3-14,16,27H,1-2H3,(H2,25,28)(H,26,29). The van der Waals surface area contributed by atoms with Crippen molar-refractivity contribution in [2.45, 2.75) is 24.8 Å². The Morgan fingerprint density at radius 2 is 1.35 bits per heavy atom. The van der Waals surface area contributed by atoms with E-state index in [4.69, 9.17) is 10.5 Å². The van der Waals surface area contributed by atoms with E-state index in [1.165, 1.54) is 55.5 Å². The molecule has 0 fully saturated rings. The largest absolute Gasteiger partial charge is 0.449 e. The number of anilines is 2. The van der Waals surface area contributed by atoms with Gasteiger partial charge in [-0.3, -0.25) is 14.3 Å². The van der Waals surface area contributed by atoms with Gasteiger partial charge in [0.05, 0.1) is 10.5 Å². The average molecular weight is 482 g/mol. The van der Waals surface area contributed by atoms with Crippen molar-refractivity contribution >= 4 is 39.2 Å². The molecule has 0 aliphatic carbocycles. The summed E-state index contributed by atoms with van der Waals surface area (Å²) in [5.41, 5.74) is 7.35. The Bertz CT molecular complexity index is 1300. The van der Waals surface area contributed by atoms with Crippen LogP contribution in [-0.4, -0.2) is 32.3 Å². The molecule has 0 bridgehead atoms. The van der Waals surface area contributed by atoms with Gasteiger partial charge in [0.1, 0.15) is 0 Å². The lowest BCUT2D eigenvalue weighted by molar-refractivity contribution is -0.123. The first kappa shape index (κ1) is 24.5.